The van der Waals surface area contributed by atoms with Gasteiger partial charge in [0, 0.05) is 29.1 Å². The number of thioether (sulfide) groups is 2. The molecule has 2 aliphatic rings. The van der Waals surface area contributed by atoms with Crippen LogP contribution in [-0.2, 0) is 27.3 Å². The van der Waals surface area contributed by atoms with Gasteiger partial charge in [-0.15, -0.1) is 53.0 Å². The molecule has 0 unspecified atom stereocenters. The molecule has 2 atom stereocenters. The van der Waals surface area contributed by atoms with Crippen LogP contribution >= 0.6 is 59.7 Å². The fraction of sp³-hybridized carbons (Fsp3) is 0.500. The number of carbonyl (C=O) groups excluding carboxylic acids is 2. The summed E-state index contributed by atoms with van der Waals surface area (Å²) in [7, 11) is 3.90. The van der Waals surface area contributed by atoms with Crippen LogP contribution in [0.15, 0.2) is 21.8 Å². The van der Waals surface area contributed by atoms with Gasteiger partial charge >= 0.3 is 5.97 Å². The second-order valence-electron chi connectivity index (χ2n) is 7.88. The van der Waals surface area contributed by atoms with Gasteiger partial charge in [-0.2, -0.15) is 0 Å². The molecule has 0 bridgehead atoms. The molecule has 2 aromatic heterocycles. The van der Waals surface area contributed by atoms with E-state index in [0.717, 1.165) is 6.54 Å². The van der Waals surface area contributed by atoms with E-state index in [0.29, 0.717) is 34.5 Å². The van der Waals surface area contributed by atoms with Crippen molar-refractivity contribution in [1.29, 1.82) is 5.41 Å². The van der Waals surface area contributed by atoms with Crippen molar-refractivity contribution in [3.05, 3.63) is 27.1 Å². The van der Waals surface area contributed by atoms with Crippen LogP contribution in [0, 0.1) is 5.41 Å². The van der Waals surface area contributed by atoms with Gasteiger partial charge in [-0.05, 0) is 30.1 Å². The van der Waals surface area contributed by atoms with Crippen LogP contribution in [0.5, 0.6) is 0 Å². The number of hydrogen-bond acceptors (Lipinski definition) is 11. The van der Waals surface area contributed by atoms with Crippen molar-refractivity contribution in [2.75, 3.05) is 32.1 Å². The lowest BCUT2D eigenvalue weighted by atomic mass is 10.0. The topological polar surface area (TPSA) is 205 Å². The maximum absolute atomic E-state index is 12.8. The van der Waals surface area contributed by atoms with E-state index in [1.165, 1.54) is 39.8 Å². The Kier molecular flexibility index (Phi) is 12.6. The quantitative estimate of drug-likeness (QED) is 0.193. The summed E-state index contributed by atoms with van der Waals surface area (Å²) in [6.45, 7) is 1.35. The monoisotopic (exact) mass is 615 g/mol. The Morgan fingerprint density at radius 1 is 1.38 bits per heavy atom. The van der Waals surface area contributed by atoms with Crippen molar-refractivity contribution >= 4 is 77.5 Å². The van der Waals surface area contributed by atoms with Crippen molar-refractivity contribution in [3.8, 4) is 0 Å². The fourth-order valence-electron chi connectivity index (χ4n) is 3.50. The summed E-state index contributed by atoms with van der Waals surface area (Å²) in [6.07, 6.45) is 0.0165. The van der Waals surface area contributed by atoms with Crippen LogP contribution in [0.4, 0.5) is 0 Å². The van der Waals surface area contributed by atoms with Gasteiger partial charge in [0.2, 0.25) is 11.1 Å². The Hall–Kier alpha value is -2.15. The number of amides is 2. The number of H-pyrrole nitrogens is 1. The summed E-state index contributed by atoms with van der Waals surface area (Å²) in [5.41, 5.74) is 1.16. The number of nitrogens with one attached hydrogen (secondary N) is 3. The molecular weight excluding hydrogens is 589 g/mol. The second kappa shape index (κ2) is 14.1. The maximum Gasteiger partial charge on any atom is 0.352 e. The van der Waals surface area contributed by atoms with Crippen LogP contribution in [0.2, 0.25) is 0 Å². The average molecular weight is 617 g/mol. The summed E-state index contributed by atoms with van der Waals surface area (Å²) in [5.74, 6) is -1.25. The second-order valence-corrected chi connectivity index (χ2v) is 10.8. The molecule has 4 rings (SSSR count). The third kappa shape index (κ3) is 7.46. The third-order valence-electron chi connectivity index (χ3n) is 5.14. The van der Waals surface area contributed by atoms with E-state index in [1.54, 1.807) is 10.1 Å². The highest BCUT2D eigenvalue weighted by Crippen LogP contribution is 2.41. The lowest BCUT2D eigenvalue weighted by molar-refractivity contribution is -0.150. The molecule has 14 nitrogen and oxygen atoms in total. The van der Waals surface area contributed by atoms with Gasteiger partial charge < -0.3 is 25.8 Å². The molecule has 2 aliphatic heterocycles. The van der Waals surface area contributed by atoms with Crippen molar-refractivity contribution < 1.29 is 25.0 Å². The number of fused-ring (bicyclic) bond motifs is 1. The number of carboxylic acids is 1. The molecule has 0 saturated carbocycles. The molecule has 206 valence electrons. The summed E-state index contributed by atoms with van der Waals surface area (Å²) < 4.78 is 1.67. The van der Waals surface area contributed by atoms with Gasteiger partial charge in [0.05, 0.1) is 13.0 Å². The first-order valence-electron chi connectivity index (χ1n) is 10.2. The van der Waals surface area contributed by atoms with E-state index in [-0.39, 0.29) is 53.1 Å². The molecular formula is C18H27Cl2N9O5S3. The van der Waals surface area contributed by atoms with E-state index in [1.807, 2.05) is 19.0 Å². The molecule has 19 heteroatoms. The number of rotatable bonds is 10. The van der Waals surface area contributed by atoms with Gasteiger partial charge in [0.1, 0.15) is 17.1 Å². The van der Waals surface area contributed by atoms with E-state index in [9.17, 15) is 19.5 Å². The van der Waals surface area contributed by atoms with Gasteiger partial charge in [-0.25, -0.2) is 9.48 Å². The zero-order valence-electron chi connectivity index (χ0n) is 19.7. The molecule has 0 radical (unpaired) electrons. The van der Waals surface area contributed by atoms with E-state index >= 15 is 0 Å². The fourth-order valence-corrected chi connectivity index (χ4v) is 6.48. The normalized spacial score (nSPS) is 18.2. The van der Waals surface area contributed by atoms with Gasteiger partial charge in [0.15, 0.2) is 4.80 Å². The number of halogens is 2. The number of aromatic amines is 1. The molecule has 2 aromatic rings. The number of thiazole rings is 1. The molecule has 0 spiro atoms. The van der Waals surface area contributed by atoms with Crippen LogP contribution in [0.25, 0.3) is 0 Å². The minimum atomic E-state index is -1.18. The molecule has 0 aliphatic carbocycles. The Balaban J connectivity index is 0.00000228. The lowest BCUT2D eigenvalue weighted by Gasteiger charge is -2.49. The molecule has 1 saturated heterocycles. The number of β-lactam (4-membered cyclic amide) rings is 1. The Morgan fingerprint density at radius 3 is 2.73 bits per heavy atom. The highest BCUT2D eigenvalue weighted by molar-refractivity contribution is 8.01. The maximum atomic E-state index is 12.8. The molecule has 1 fully saturated rings. The number of aliphatic carboxylic acids is 1. The average Bonchev–Trinajstić information content (AvgIpc) is 3.41. The van der Waals surface area contributed by atoms with Crippen molar-refractivity contribution in [2.24, 2.45) is 0 Å². The largest absolute Gasteiger partial charge is 0.477 e. The zero-order chi connectivity index (χ0) is 24.4. The Labute approximate surface area is 236 Å². The first kappa shape index (κ1) is 32.9. The first-order chi connectivity index (χ1) is 16.2. The molecule has 0 aromatic carbocycles. The van der Waals surface area contributed by atoms with Crippen LogP contribution in [0.1, 0.15) is 5.69 Å². The van der Waals surface area contributed by atoms with Crippen LogP contribution in [0.3, 0.4) is 0 Å². The minimum absolute atomic E-state index is 0. The highest BCUT2D eigenvalue weighted by Gasteiger charge is 2.54. The smallest absolute Gasteiger partial charge is 0.352 e. The Morgan fingerprint density at radius 2 is 2.11 bits per heavy atom. The predicted octanol–water partition coefficient (Wildman–Crippen LogP) is -0.804. The number of likely N-dealkylation sites (N-methyl/N-ethyl adjacent to an activating group) is 1. The highest BCUT2D eigenvalue weighted by atomic mass is 35.5. The summed E-state index contributed by atoms with van der Waals surface area (Å²) in [6, 6.07) is -0.784. The van der Waals surface area contributed by atoms with E-state index in [4.69, 9.17) is 5.41 Å². The molecule has 4 heterocycles. The van der Waals surface area contributed by atoms with Gasteiger partial charge in [-0.1, -0.05) is 11.8 Å². The molecule has 6 N–H and O–H groups in total. The SMILES string of the molecule is CN(C)CCn1nnnc1SCC1=C(C(=O)O)N2C(=O)[C@@H](NC(=O)Cc3csc(=N)[nH]3)[C@H]2SC1.Cl.Cl.O. The molecule has 2 amide bonds. The van der Waals surface area contributed by atoms with Crippen LogP contribution in [-0.4, -0.2) is 107 Å². The van der Waals surface area contributed by atoms with Gasteiger partial charge in [-0.3, -0.25) is 19.9 Å². The summed E-state index contributed by atoms with van der Waals surface area (Å²) in [4.78, 5) is 43.5. The van der Waals surface area contributed by atoms with Crippen molar-refractivity contribution in [1.82, 2.24) is 40.3 Å². The first-order valence-corrected chi connectivity index (χ1v) is 13.1. The third-order valence-corrected chi connectivity index (χ3v) is 8.27. The zero-order valence-corrected chi connectivity index (χ0v) is 23.7. The lowest BCUT2D eigenvalue weighted by Crippen LogP contribution is -2.70. The molecule has 37 heavy (non-hydrogen) atoms. The number of nitrogens with zero attached hydrogens (tertiary/aromatic N) is 6. The number of hydrogen-bond donors (Lipinski definition) is 4. The number of carboxylic acid groups (broad SMARTS) is 1. The Bertz CT molecular complexity index is 1200. The van der Waals surface area contributed by atoms with Crippen molar-refractivity contribution in [3.63, 3.8) is 0 Å². The van der Waals surface area contributed by atoms with E-state index < -0.39 is 23.3 Å². The number of aromatic nitrogens is 5. The number of carbonyl (C=O) groups is 3. The van der Waals surface area contributed by atoms with E-state index in [2.05, 4.69) is 25.8 Å². The number of tetrazole rings is 1. The standard InChI is InChI=1S/C18H23N9O4S3.2ClH.H2O/c1-25(2)3-4-26-18(22-23-24-26)34-7-9-6-32-15-12(14(29)27(15)13(9)16(30)31)21-11(28)5-10-8-33-17(19)20-10;;;/h8,12,15H,3-7H2,1-2H3,(H2,19,20)(H,21,28)(H,30,31);2*1H;1H2/t12-,15-;;;/m1.../s1. The predicted molar refractivity (Wildman–Crippen MR) is 143 cm³/mol. The van der Waals surface area contributed by atoms with Crippen molar-refractivity contribution in [2.45, 2.75) is 29.5 Å². The summed E-state index contributed by atoms with van der Waals surface area (Å²) >= 11 is 3.92. The van der Waals surface area contributed by atoms with Gasteiger partial charge in [0.25, 0.3) is 5.91 Å². The minimum Gasteiger partial charge on any atom is -0.477 e. The summed E-state index contributed by atoms with van der Waals surface area (Å²) in [5, 5.41) is 33.5. The van der Waals surface area contributed by atoms with Crippen LogP contribution < -0.4 is 10.1 Å².